The smallest absolute Gasteiger partial charge is 0.211 e. The molecule has 0 aliphatic carbocycles. The summed E-state index contributed by atoms with van der Waals surface area (Å²) < 4.78 is 0. The van der Waals surface area contributed by atoms with Gasteiger partial charge in [-0.05, 0) is 29.5 Å². The molecule has 156 valence electrons. The Bertz CT molecular complexity index is 926. The highest BCUT2D eigenvalue weighted by Gasteiger charge is 2.43. The lowest BCUT2D eigenvalue weighted by molar-refractivity contribution is 0.427. The molecule has 3 aromatic carbocycles. The van der Waals surface area contributed by atoms with Crippen molar-refractivity contribution in [3.63, 3.8) is 0 Å². The van der Waals surface area contributed by atoms with E-state index in [1.807, 2.05) is 60.7 Å². The summed E-state index contributed by atoms with van der Waals surface area (Å²) in [5.41, 5.74) is 2.63. The summed E-state index contributed by atoms with van der Waals surface area (Å²) in [7, 11) is 0. The van der Waals surface area contributed by atoms with Crippen LogP contribution in [0.4, 0.5) is 0 Å². The fraction of sp³-hybridized carbons (Fsp3) is 0.259. The lowest BCUT2D eigenvalue weighted by Crippen LogP contribution is -2.41. The highest BCUT2D eigenvalue weighted by atomic mass is 16.1. The van der Waals surface area contributed by atoms with Crippen molar-refractivity contribution in [1.82, 2.24) is 0 Å². The van der Waals surface area contributed by atoms with E-state index in [9.17, 15) is 9.59 Å². The summed E-state index contributed by atoms with van der Waals surface area (Å²) in [6, 6.07) is 30.4. The van der Waals surface area contributed by atoms with E-state index in [4.69, 9.17) is 0 Å². The highest BCUT2D eigenvalue weighted by Crippen LogP contribution is 2.45. The van der Waals surface area contributed by atoms with Crippen LogP contribution in [0.2, 0.25) is 0 Å². The molecule has 0 saturated carbocycles. The molecule has 0 aromatic heterocycles. The highest BCUT2D eigenvalue weighted by molar-refractivity contribution is 5.53. The van der Waals surface area contributed by atoms with Crippen LogP contribution in [0.25, 0.3) is 0 Å². The van der Waals surface area contributed by atoms with Gasteiger partial charge in [-0.15, -0.1) is 0 Å². The average Bonchev–Trinajstić information content (AvgIpc) is 2.84. The number of nitrogens with zero attached hydrogens (tertiary/aromatic N) is 2. The zero-order chi connectivity index (χ0) is 21.8. The number of rotatable bonds is 11. The first-order chi connectivity index (χ1) is 15.3. The van der Waals surface area contributed by atoms with Crippen molar-refractivity contribution in [3.05, 3.63) is 108 Å². The summed E-state index contributed by atoms with van der Waals surface area (Å²) in [5.74, 6) is 0. The molecule has 4 heteroatoms. The minimum atomic E-state index is -0.623. The summed E-state index contributed by atoms with van der Waals surface area (Å²) >= 11 is 0. The molecule has 3 aromatic rings. The summed E-state index contributed by atoms with van der Waals surface area (Å²) in [6.07, 6.45) is 6.70. The maximum atomic E-state index is 11.6. The second-order valence-electron chi connectivity index (χ2n) is 7.46. The Labute approximate surface area is 183 Å². The van der Waals surface area contributed by atoms with Gasteiger partial charge in [-0.2, -0.15) is 0 Å². The van der Waals surface area contributed by atoms with Crippen LogP contribution < -0.4 is 0 Å². The third-order valence-corrected chi connectivity index (χ3v) is 5.71. The molecule has 0 saturated heterocycles. The first kappa shape index (κ1) is 22.1. The first-order valence-electron chi connectivity index (χ1n) is 10.6. The maximum absolute atomic E-state index is 11.6. The third-order valence-electron chi connectivity index (χ3n) is 5.71. The molecule has 3 rings (SSSR count). The van der Waals surface area contributed by atoms with Crippen LogP contribution in [0.3, 0.4) is 0 Å². The third kappa shape index (κ3) is 5.13. The van der Waals surface area contributed by atoms with E-state index in [2.05, 4.69) is 46.4 Å². The van der Waals surface area contributed by atoms with E-state index in [-0.39, 0.29) is 6.04 Å². The predicted octanol–water partition coefficient (Wildman–Crippen LogP) is 5.62. The van der Waals surface area contributed by atoms with Crippen LogP contribution in [0, 0.1) is 0 Å². The molecule has 0 fully saturated rings. The van der Waals surface area contributed by atoms with Gasteiger partial charge in [0.25, 0.3) is 0 Å². The molecule has 0 aliphatic heterocycles. The SMILES string of the molecule is O=C=NCCCCCC(N=C=O)C(c1ccccc1)(c1ccccc1)c1ccccc1. The molecular weight excluding hydrogens is 384 g/mol. The topological polar surface area (TPSA) is 58.9 Å². The van der Waals surface area contributed by atoms with Crippen LogP contribution >= 0.6 is 0 Å². The van der Waals surface area contributed by atoms with Crippen LogP contribution in [-0.2, 0) is 15.0 Å². The van der Waals surface area contributed by atoms with E-state index >= 15 is 0 Å². The van der Waals surface area contributed by atoms with Gasteiger partial charge in [-0.1, -0.05) is 104 Å². The molecule has 0 bridgehead atoms. The van der Waals surface area contributed by atoms with Crippen LogP contribution in [0.5, 0.6) is 0 Å². The Kier molecular flexibility index (Phi) is 8.25. The van der Waals surface area contributed by atoms with E-state index in [0.29, 0.717) is 13.0 Å². The zero-order valence-electron chi connectivity index (χ0n) is 17.5. The molecule has 0 amide bonds. The van der Waals surface area contributed by atoms with Crippen molar-refractivity contribution in [1.29, 1.82) is 0 Å². The number of unbranched alkanes of at least 4 members (excludes halogenated alkanes) is 2. The summed E-state index contributed by atoms with van der Waals surface area (Å²) in [4.78, 5) is 29.9. The van der Waals surface area contributed by atoms with Crippen LogP contribution in [0.1, 0.15) is 42.4 Å². The van der Waals surface area contributed by atoms with Crippen LogP contribution in [-0.4, -0.2) is 24.7 Å². The normalized spacial score (nSPS) is 11.7. The predicted molar refractivity (Wildman–Crippen MR) is 123 cm³/mol. The lowest BCUT2D eigenvalue weighted by atomic mass is 9.63. The lowest BCUT2D eigenvalue weighted by Gasteiger charge is -2.40. The second kappa shape index (κ2) is 11.6. The van der Waals surface area contributed by atoms with Gasteiger partial charge >= 0.3 is 0 Å². The quantitative estimate of drug-likeness (QED) is 0.178. The van der Waals surface area contributed by atoms with Gasteiger partial charge < -0.3 is 0 Å². The second-order valence-corrected chi connectivity index (χ2v) is 7.46. The molecule has 4 nitrogen and oxygen atoms in total. The minimum absolute atomic E-state index is 0.327. The Morgan fingerprint density at radius 2 is 1.13 bits per heavy atom. The first-order valence-corrected chi connectivity index (χ1v) is 10.6. The Hall–Kier alpha value is -3.58. The van der Waals surface area contributed by atoms with Gasteiger partial charge in [0.1, 0.15) is 0 Å². The zero-order valence-corrected chi connectivity index (χ0v) is 17.5. The van der Waals surface area contributed by atoms with Crippen molar-refractivity contribution in [2.45, 2.75) is 37.1 Å². The number of carbonyl (C=O) groups excluding carboxylic acids is 2. The molecule has 0 N–H and O–H groups in total. The van der Waals surface area contributed by atoms with Crippen molar-refractivity contribution in [2.24, 2.45) is 9.98 Å². The maximum Gasteiger partial charge on any atom is 0.235 e. The Balaban J connectivity index is 2.13. The van der Waals surface area contributed by atoms with Gasteiger partial charge in [0.15, 0.2) is 0 Å². The molecule has 0 spiro atoms. The van der Waals surface area contributed by atoms with Gasteiger partial charge in [-0.25, -0.2) is 19.6 Å². The molecule has 0 radical (unpaired) electrons. The Morgan fingerprint density at radius 1 is 0.645 bits per heavy atom. The Morgan fingerprint density at radius 3 is 1.55 bits per heavy atom. The van der Waals surface area contributed by atoms with E-state index in [1.54, 1.807) is 6.08 Å². The van der Waals surface area contributed by atoms with Gasteiger partial charge in [0.2, 0.25) is 12.2 Å². The van der Waals surface area contributed by atoms with Crippen molar-refractivity contribution >= 4 is 12.2 Å². The van der Waals surface area contributed by atoms with Gasteiger partial charge in [0, 0.05) is 0 Å². The van der Waals surface area contributed by atoms with E-state index < -0.39 is 5.41 Å². The number of benzene rings is 3. The largest absolute Gasteiger partial charge is 0.235 e. The van der Waals surface area contributed by atoms with Crippen LogP contribution in [0.15, 0.2) is 101 Å². The molecule has 0 aliphatic rings. The molecule has 1 atom stereocenters. The number of hydrogen-bond acceptors (Lipinski definition) is 4. The van der Waals surface area contributed by atoms with Crippen molar-refractivity contribution in [2.75, 3.05) is 6.54 Å². The minimum Gasteiger partial charge on any atom is -0.211 e. The monoisotopic (exact) mass is 410 g/mol. The van der Waals surface area contributed by atoms with Gasteiger partial charge in [0.05, 0.1) is 18.0 Å². The number of hydrogen-bond donors (Lipinski definition) is 0. The average molecular weight is 411 g/mol. The summed E-state index contributed by atoms with van der Waals surface area (Å²) in [6.45, 7) is 0.478. The van der Waals surface area contributed by atoms with Crippen molar-refractivity contribution in [3.8, 4) is 0 Å². The van der Waals surface area contributed by atoms with Crippen molar-refractivity contribution < 1.29 is 9.59 Å². The fourth-order valence-corrected chi connectivity index (χ4v) is 4.37. The fourth-order valence-electron chi connectivity index (χ4n) is 4.37. The molecule has 31 heavy (non-hydrogen) atoms. The van der Waals surface area contributed by atoms with Gasteiger partial charge in [-0.3, -0.25) is 0 Å². The number of isocyanates is 2. The standard InChI is InChI=1S/C27H26N2O2/c30-21-28-20-12-4-11-19-26(29-22-31)27(23-13-5-1-6-14-23,24-15-7-2-8-16-24)25-17-9-3-10-18-25/h1-3,5-10,13-18,26H,4,11-12,19-20H2. The van der Waals surface area contributed by atoms with E-state index in [0.717, 1.165) is 36.0 Å². The summed E-state index contributed by atoms with van der Waals surface area (Å²) in [5, 5.41) is 0. The molecule has 0 heterocycles. The van der Waals surface area contributed by atoms with E-state index in [1.165, 1.54) is 0 Å². The molecule has 1 unspecified atom stereocenters. The molecular formula is C27H26N2O2. The number of aliphatic imine (C=N–C) groups is 2.